The molecule has 1 aliphatic carbocycles. The first kappa shape index (κ1) is 17.5. The van der Waals surface area contributed by atoms with Gasteiger partial charge in [0.05, 0.1) is 0 Å². The van der Waals surface area contributed by atoms with E-state index >= 15 is 0 Å². The summed E-state index contributed by atoms with van der Waals surface area (Å²) in [5, 5.41) is 0. The van der Waals surface area contributed by atoms with Crippen molar-refractivity contribution in [2.45, 2.75) is 78.2 Å². The van der Waals surface area contributed by atoms with Gasteiger partial charge in [-0.15, -0.1) is 0 Å². The maximum atomic E-state index is 12.4. The van der Waals surface area contributed by atoms with E-state index in [1.165, 1.54) is 19.3 Å². The molecule has 0 bridgehead atoms. The van der Waals surface area contributed by atoms with Crippen LogP contribution in [-0.4, -0.2) is 29.9 Å². The van der Waals surface area contributed by atoms with Crippen LogP contribution in [-0.2, 0) is 4.79 Å². The summed E-state index contributed by atoms with van der Waals surface area (Å²) in [6, 6.07) is 0.371. The van der Waals surface area contributed by atoms with Crippen LogP contribution >= 0.6 is 0 Å². The van der Waals surface area contributed by atoms with Crippen molar-refractivity contribution < 1.29 is 4.79 Å². The summed E-state index contributed by atoms with van der Waals surface area (Å²) in [6.45, 7) is 8.31. The molecule has 2 atom stereocenters. The Kier molecular flexibility index (Phi) is 8.20. The number of carbonyl (C=O) groups excluding carboxylic acids is 1. The van der Waals surface area contributed by atoms with Crippen molar-refractivity contribution in [2.24, 2.45) is 17.6 Å². The third-order valence-electron chi connectivity index (χ3n) is 4.96. The Labute approximate surface area is 125 Å². The molecule has 1 fully saturated rings. The van der Waals surface area contributed by atoms with Crippen LogP contribution in [0.15, 0.2) is 0 Å². The molecule has 1 amide bonds. The molecule has 118 valence electrons. The summed E-state index contributed by atoms with van der Waals surface area (Å²) in [5.41, 5.74) is 6.02. The van der Waals surface area contributed by atoms with E-state index < -0.39 is 0 Å². The monoisotopic (exact) mass is 282 g/mol. The minimum atomic E-state index is 0.346. The fourth-order valence-electron chi connectivity index (χ4n) is 3.35. The molecule has 0 radical (unpaired) electrons. The third kappa shape index (κ3) is 5.82. The van der Waals surface area contributed by atoms with Gasteiger partial charge < -0.3 is 10.6 Å². The highest BCUT2D eigenvalue weighted by Gasteiger charge is 2.21. The standard InChI is InChI=1S/C17H34N2O/c1-4-14(5-2)13-19(6-3)17(20)11-10-15-8-7-9-16(18)12-15/h14-16H,4-13,18H2,1-3H3. The molecule has 3 nitrogen and oxygen atoms in total. The van der Waals surface area contributed by atoms with Gasteiger partial charge in [0.25, 0.3) is 0 Å². The molecule has 0 aliphatic heterocycles. The molecule has 0 heterocycles. The Morgan fingerprint density at radius 2 is 1.95 bits per heavy atom. The van der Waals surface area contributed by atoms with Crippen molar-refractivity contribution in [3.8, 4) is 0 Å². The van der Waals surface area contributed by atoms with Gasteiger partial charge in [0.2, 0.25) is 5.91 Å². The summed E-state index contributed by atoms with van der Waals surface area (Å²) in [6.07, 6.45) is 8.86. The Bertz CT molecular complexity index is 276. The molecule has 0 saturated heterocycles. The Hall–Kier alpha value is -0.570. The van der Waals surface area contributed by atoms with E-state index in [0.717, 1.165) is 38.8 Å². The lowest BCUT2D eigenvalue weighted by molar-refractivity contribution is -0.132. The van der Waals surface area contributed by atoms with Gasteiger partial charge in [0, 0.05) is 25.6 Å². The summed E-state index contributed by atoms with van der Waals surface area (Å²) in [5.74, 6) is 1.68. The first-order valence-electron chi connectivity index (χ1n) is 8.63. The van der Waals surface area contributed by atoms with Crippen molar-refractivity contribution >= 4 is 5.91 Å². The average Bonchev–Trinajstić information content (AvgIpc) is 2.46. The van der Waals surface area contributed by atoms with E-state index in [1.807, 2.05) is 0 Å². The van der Waals surface area contributed by atoms with Crippen LogP contribution < -0.4 is 5.73 Å². The van der Waals surface area contributed by atoms with E-state index in [4.69, 9.17) is 5.73 Å². The highest BCUT2D eigenvalue weighted by Crippen LogP contribution is 2.27. The van der Waals surface area contributed by atoms with E-state index in [9.17, 15) is 4.79 Å². The van der Waals surface area contributed by atoms with Crippen molar-refractivity contribution in [2.75, 3.05) is 13.1 Å². The Morgan fingerprint density at radius 3 is 2.50 bits per heavy atom. The second-order valence-corrected chi connectivity index (χ2v) is 6.45. The highest BCUT2D eigenvalue weighted by molar-refractivity contribution is 5.76. The number of amides is 1. The van der Waals surface area contributed by atoms with Gasteiger partial charge in [-0.1, -0.05) is 39.5 Å². The van der Waals surface area contributed by atoms with Crippen molar-refractivity contribution in [1.82, 2.24) is 4.90 Å². The normalized spacial score (nSPS) is 23.1. The molecule has 0 aromatic heterocycles. The van der Waals surface area contributed by atoms with E-state index in [0.29, 0.717) is 30.2 Å². The fraction of sp³-hybridized carbons (Fsp3) is 0.941. The minimum absolute atomic E-state index is 0.346. The van der Waals surface area contributed by atoms with Gasteiger partial charge in [-0.05, 0) is 38.0 Å². The maximum absolute atomic E-state index is 12.4. The summed E-state index contributed by atoms with van der Waals surface area (Å²) in [4.78, 5) is 14.4. The zero-order valence-corrected chi connectivity index (χ0v) is 13.7. The first-order valence-corrected chi connectivity index (χ1v) is 8.63. The molecule has 1 saturated carbocycles. The van der Waals surface area contributed by atoms with Gasteiger partial charge in [0.1, 0.15) is 0 Å². The molecule has 2 N–H and O–H groups in total. The number of rotatable bonds is 8. The first-order chi connectivity index (χ1) is 9.60. The van der Waals surface area contributed by atoms with Crippen molar-refractivity contribution in [3.63, 3.8) is 0 Å². The molecule has 1 aliphatic rings. The SMILES string of the molecule is CCC(CC)CN(CC)C(=O)CCC1CCCC(N)C1. The Morgan fingerprint density at radius 1 is 1.25 bits per heavy atom. The van der Waals surface area contributed by atoms with Crippen molar-refractivity contribution in [1.29, 1.82) is 0 Å². The smallest absolute Gasteiger partial charge is 0.222 e. The van der Waals surface area contributed by atoms with Gasteiger partial charge >= 0.3 is 0 Å². The predicted octanol–water partition coefficient (Wildman–Crippen LogP) is 3.57. The van der Waals surface area contributed by atoms with Crippen LogP contribution in [0.2, 0.25) is 0 Å². The molecule has 2 unspecified atom stereocenters. The van der Waals surface area contributed by atoms with Crippen LogP contribution in [0.5, 0.6) is 0 Å². The van der Waals surface area contributed by atoms with E-state index in [-0.39, 0.29) is 0 Å². The minimum Gasteiger partial charge on any atom is -0.343 e. The summed E-state index contributed by atoms with van der Waals surface area (Å²) < 4.78 is 0. The van der Waals surface area contributed by atoms with Crippen molar-refractivity contribution in [3.05, 3.63) is 0 Å². The second kappa shape index (κ2) is 9.38. The fourth-order valence-corrected chi connectivity index (χ4v) is 3.35. The lowest BCUT2D eigenvalue weighted by Crippen LogP contribution is -2.35. The molecular formula is C17H34N2O. The molecule has 0 aromatic carbocycles. The van der Waals surface area contributed by atoms with Crippen LogP contribution in [0.1, 0.15) is 72.1 Å². The van der Waals surface area contributed by atoms with Crippen LogP contribution in [0.4, 0.5) is 0 Å². The summed E-state index contributed by atoms with van der Waals surface area (Å²) >= 11 is 0. The van der Waals surface area contributed by atoms with Crippen LogP contribution in [0.25, 0.3) is 0 Å². The largest absolute Gasteiger partial charge is 0.343 e. The zero-order chi connectivity index (χ0) is 15.0. The number of carbonyl (C=O) groups is 1. The van der Waals surface area contributed by atoms with E-state index in [2.05, 4.69) is 25.7 Å². The second-order valence-electron chi connectivity index (χ2n) is 6.45. The molecule has 20 heavy (non-hydrogen) atoms. The maximum Gasteiger partial charge on any atom is 0.222 e. The lowest BCUT2D eigenvalue weighted by atomic mass is 9.83. The molecular weight excluding hydrogens is 248 g/mol. The average molecular weight is 282 g/mol. The molecule has 0 spiro atoms. The third-order valence-corrected chi connectivity index (χ3v) is 4.96. The van der Waals surface area contributed by atoms with E-state index in [1.54, 1.807) is 0 Å². The number of hydrogen-bond acceptors (Lipinski definition) is 2. The van der Waals surface area contributed by atoms with Crippen LogP contribution in [0.3, 0.4) is 0 Å². The number of nitrogens with zero attached hydrogens (tertiary/aromatic N) is 1. The van der Waals surface area contributed by atoms with Gasteiger partial charge in [-0.3, -0.25) is 4.79 Å². The highest BCUT2D eigenvalue weighted by atomic mass is 16.2. The Balaban J connectivity index is 2.35. The summed E-state index contributed by atoms with van der Waals surface area (Å²) in [7, 11) is 0. The van der Waals surface area contributed by atoms with Gasteiger partial charge in [0.15, 0.2) is 0 Å². The number of hydrogen-bond donors (Lipinski definition) is 1. The topological polar surface area (TPSA) is 46.3 Å². The molecule has 0 aromatic rings. The number of nitrogens with two attached hydrogens (primary N) is 1. The molecule has 1 rings (SSSR count). The predicted molar refractivity (Wildman–Crippen MR) is 85.5 cm³/mol. The van der Waals surface area contributed by atoms with Gasteiger partial charge in [-0.25, -0.2) is 0 Å². The zero-order valence-electron chi connectivity index (χ0n) is 13.7. The quantitative estimate of drug-likeness (QED) is 0.740. The van der Waals surface area contributed by atoms with Gasteiger partial charge in [-0.2, -0.15) is 0 Å². The lowest BCUT2D eigenvalue weighted by Gasteiger charge is -2.29. The molecule has 3 heteroatoms. The van der Waals surface area contributed by atoms with Crippen LogP contribution in [0, 0.1) is 11.8 Å².